The summed E-state index contributed by atoms with van der Waals surface area (Å²) in [6.45, 7) is 0. The van der Waals surface area contributed by atoms with Crippen LogP contribution in [0, 0.1) is 6.08 Å². The summed E-state index contributed by atoms with van der Waals surface area (Å²) < 4.78 is 0. The molecule has 0 fully saturated rings. The van der Waals surface area contributed by atoms with Crippen molar-refractivity contribution in [3.05, 3.63) is 48.6 Å². The first kappa shape index (κ1) is 8.06. The zero-order valence-electron chi connectivity index (χ0n) is 6.66. The predicted molar refractivity (Wildman–Crippen MR) is 49.1 cm³/mol. The Morgan fingerprint density at radius 1 is 0.909 bits per heavy atom. The molecule has 0 aliphatic heterocycles. The molecular formula is C11H13. The molecule has 0 nitrogen and oxygen atoms in total. The molecule has 0 unspecified atom stereocenters. The lowest BCUT2D eigenvalue weighted by molar-refractivity contribution is 1.02. The first-order chi connectivity index (χ1) is 5.50. The van der Waals surface area contributed by atoms with Gasteiger partial charge in [0, 0.05) is 0 Å². The van der Waals surface area contributed by atoms with Gasteiger partial charge in [0.1, 0.15) is 0 Å². The van der Waals surface area contributed by atoms with Crippen LogP contribution in [0.5, 0.6) is 0 Å². The lowest BCUT2D eigenvalue weighted by Crippen LogP contribution is -1.64. The van der Waals surface area contributed by atoms with E-state index in [9.17, 15) is 0 Å². The molecule has 0 spiro atoms. The van der Waals surface area contributed by atoms with Crippen molar-refractivity contribution >= 4 is 0 Å². The Hall–Kier alpha value is -1.04. The maximum Gasteiger partial charge on any atom is -0.0166 e. The minimum atomic E-state index is 1.03. The lowest BCUT2D eigenvalue weighted by atomic mass is 10.2. The topological polar surface area (TPSA) is 0 Å². The average Bonchev–Trinajstić information content (AvgIpc) is 2.08. The summed E-state index contributed by atoms with van der Waals surface area (Å²) in [5.74, 6) is 0. The average molecular weight is 145 g/mol. The number of hydrogen-bond donors (Lipinski definition) is 0. The van der Waals surface area contributed by atoms with Crippen LogP contribution < -0.4 is 0 Å². The molecule has 0 saturated heterocycles. The first-order valence-electron chi connectivity index (χ1n) is 4.03. The highest BCUT2D eigenvalue weighted by atomic mass is 13.8. The van der Waals surface area contributed by atoms with Gasteiger partial charge in [-0.25, -0.2) is 0 Å². The summed E-state index contributed by atoms with van der Waals surface area (Å²) in [7, 11) is 0. The molecule has 0 bridgehead atoms. The molecule has 0 aromatic heterocycles. The van der Waals surface area contributed by atoms with Crippen molar-refractivity contribution in [2.45, 2.75) is 19.3 Å². The molecule has 0 aromatic carbocycles. The van der Waals surface area contributed by atoms with Crippen molar-refractivity contribution < 1.29 is 0 Å². The molecule has 0 amide bonds. The molecule has 0 atom stereocenters. The van der Waals surface area contributed by atoms with Gasteiger partial charge in [0.2, 0.25) is 0 Å². The van der Waals surface area contributed by atoms with E-state index in [0.29, 0.717) is 0 Å². The van der Waals surface area contributed by atoms with Crippen molar-refractivity contribution in [1.29, 1.82) is 0 Å². The summed E-state index contributed by atoms with van der Waals surface area (Å²) in [5, 5.41) is 0. The third-order valence-electron chi connectivity index (χ3n) is 1.47. The van der Waals surface area contributed by atoms with E-state index in [1.807, 2.05) is 18.2 Å². The van der Waals surface area contributed by atoms with E-state index in [4.69, 9.17) is 0 Å². The van der Waals surface area contributed by atoms with E-state index in [1.165, 1.54) is 0 Å². The van der Waals surface area contributed by atoms with E-state index in [0.717, 1.165) is 19.3 Å². The second kappa shape index (κ2) is 5.72. The molecule has 11 heavy (non-hydrogen) atoms. The quantitative estimate of drug-likeness (QED) is 0.459. The van der Waals surface area contributed by atoms with Crippen molar-refractivity contribution in [2.24, 2.45) is 0 Å². The molecule has 0 heterocycles. The fourth-order valence-electron chi connectivity index (χ4n) is 0.888. The third kappa shape index (κ3) is 4.38. The fraction of sp³-hybridized carbons (Fsp3) is 0.273. The van der Waals surface area contributed by atoms with Crippen LogP contribution in [-0.2, 0) is 0 Å². The summed E-state index contributed by atoms with van der Waals surface area (Å²) in [5.41, 5.74) is 0. The molecule has 1 radical (unpaired) electrons. The van der Waals surface area contributed by atoms with Crippen LogP contribution in [-0.4, -0.2) is 0 Å². The summed E-state index contributed by atoms with van der Waals surface area (Å²) in [4.78, 5) is 0. The summed E-state index contributed by atoms with van der Waals surface area (Å²) >= 11 is 0. The van der Waals surface area contributed by atoms with Gasteiger partial charge in [-0.1, -0.05) is 42.5 Å². The van der Waals surface area contributed by atoms with Gasteiger partial charge >= 0.3 is 0 Å². The van der Waals surface area contributed by atoms with E-state index >= 15 is 0 Å². The molecule has 0 saturated carbocycles. The third-order valence-corrected chi connectivity index (χ3v) is 1.47. The Bertz CT molecular complexity index is 192. The first-order valence-corrected chi connectivity index (χ1v) is 4.03. The van der Waals surface area contributed by atoms with Gasteiger partial charge in [0.25, 0.3) is 0 Å². The Morgan fingerprint density at radius 2 is 1.91 bits per heavy atom. The maximum absolute atomic E-state index is 3.19. The summed E-state index contributed by atoms with van der Waals surface area (Å²) in [6, 6.07) is 0. The Kier molecular flexibility index (Phi) is 4.19. The Balaban J connectivity index is 2.47. The van der Waals surface area contributed by atoms with Gasteiger partial charge in [-0.2, -0.15) is 0 Å². The SMILES string of the molecule is [C]1=C/C=C\C=C/C/C=C\CC\1. The standard InChI is InChI=1S/C11H13/c1-2-4-6-8-10-11-9-7-5-3-1/h1-5,8,10H,6,9,11H2/b3-1-,4-2-,7-5?,10-8-. The van der Waals surface area contributed by atoms with E-state index in [1.54, 1.807) is 0 Å². The van der Waals surface area contributed by atoms with Gasteiger partial charge in [-0.05, 0) is 25.3 Å². The largest absolute Gasteiger partial charge is 0.0879 e. The van der Waals surface area contributed by atoms with Crippen LogP contribution in [0.3, 0.4) is 0 Å². The van der Waals surface area contributed by atoms with Crippen LogP contribution in [0.1, 0.15) is 19.3 Å². The molecule has 0 N–H and O–H groups in total. The number of hydrogen-bond acceptors (Lipinski definition) is 0. The maximum atomic E-state index is 3.19. The molecule has 0 aromatic rings. The zero-order valence-corrected chi connectivity index (χ0v) is 6.66. The second-order valence-electron chi connectivity index (χ2n) is 2.43. The van der Waals surface area contributed by atoms with Crippen molar-refractivity contribution in [3.63, 3.8) is 0 Å². The van der Waals surface area contributed by atoms with Gasteiger partial charge in [0.05, 0.1) is 0 Å². The molecular weight excluding hydrogens is 132 g/mol. The van der Waals surface area contributed by atoms with E-state index < -0.39 is 0 Å². The van der Waals surface area contributed by atoms with Crippen molar-refractivity contribution in [2.75, 3.05) is 0 Å². The predicted octanol–water partition coefficient (Wildman–Crippen LogP) is 3.20. The highest BCUT2D eigenvalue weighted by molar-refractivity contribution is 5.11. The van der Waals surface area contributed by atoms with Gasteiger partial charge in [0.15, 0.2) is 0 Å². The zero-order chi connectivity index (χ0) is 7.78. The van der Waals surface area contributed by atoms with Crippen LogP contribution in [0.25, 0.3) is 0 Å². The Morgan fingerprint density at radius 3 is 2.91 bits per heavy atom. The van der Waals surface area contributed by atoms with E-state index in [2.05, 4.69) is 30.4 Å². The van der Waals surface area contributed by atoms with Crippen molar-refractivity contribution in [3.8, 4) is 0 Å². The van der Waals surface area contributed by atoms with Gasteiger partial charge < -0.3 is 0 Å². The molecule has 1 aliphatic rings. The van der Waals surface area contributed by atoms with Crippen LogP contribution in [0.15, 0.2) is 42.5 Å². The minimum Gasteiger partial charge on any atom is -0.0879 e. The highest BCUT2D eigenvalue weighted by Gasteiger charge is 1.77. The van der Waals surface area contributed by atoms with Crippen LogP contribution in [0.4, 0.5) is 0 Å². The monoisotopic (exact) mass is 145 g/mol. The van der Waals surface area contributed by atoms with Crippen LogP contribution >= 0.6 is 0 Å². The molecule has 1 rings (SSSR count). The summed E-state index contributed by atoms with van der Waals surface area (Å²) in [6.07, 6.45) is 21.0. The second-order valence-corrected chi connectivity index (χ2v) is 2.43. The highest BCUT2D eigenvalue weighted by Crippen LogP contribution is 1.96. The Labute approximate surface area is 68.6 Å². The minimum absolute atomic E-state index is 1.03. The number of rotatable bonds is 0. The van der Waals surface area contributed by atoms with Gasteiger partial charge in [-0.3, -0.25) is 0 Å². The lowest BCUT2D eigenvalue weighted by Gasteiger charge is -1.83. The normalized spacial score (nSPS) is 29.8. The molecule has 57 valence electrons. The van der Waals surface area contributed by atoms with Gasteiger partial charge in [-0.15, -0.1) is 0 Å². The number of allylic oxidation sites excluding steroid dienone is 8. The van der Waals surface area contributed by atoms with E-state index in [-0.39, 0.29) is 0 Å². The van der Waals surface area contributed by atoms with Crippen molar-refractivity contribution in [1.82, 2.24) is 0 Å². The van der Waals surface area contributed by atoms with Crippen LogP contribution in [0.2, 0.25) is 0 Å². The molecule has 1 aliphatic carbocycles. The smallest absolute Gasteiger partial charge is 0.0166 e. The molecule has 0 heteroatoms. The fourth-order valence-corrected chi connectivity index (χ4v) is 0.888.